The van der Waals surface area contributed by atoms with Gasteiger partial charge in [-0.3, -0.25) is 9.89 Å². The normalized spacial score (nSPS) is 32.4. The lowest BCUT2D eigenvalue weighted by Gasteiger charge is -2.38. The fraction of sp³-hybridized carbons (Fsp3) is 0.933. The van der Waals surface area contributed by atoms with Crippen molar-refractivity contribution in [2.45, 2.75) is 36.6 Å². The summed E-state index contributed by atoms with van der Waals surface area (Å²) in [4.78, 5) is 9.24. The minimum Gasteiger partial charge on any atom is -0.355 e. The van der Waals surface area contributed by atoms with E-state index in [1.165, 1.54) is 19.3 Å². The van der Waals surface area contributed by atoms with Gasteiger partial charge in [0.05, 0.1) is 0 Å². The molecular formula is C15H31N5S. The van der Waals surface area contributed by atoms with Gasteiger partial charge >= 0.3 is 0 Å². The summed E-state index contributed by atoms with van der Waals surface area (Å²) in [6.45, 7) is 4.39. The van der Waals surface area contributed by atoms with Gasteiger partial charge in [-0.1, -0.05) is 0 Å². The number of hydrogen-bond donors (Lipinski definition) is 2. The van der Waals surface area contributed by atoms with E-state index in [4.69, 9.17) is 0 Å². The zero-order valence-corrected chi connectivity index (χ0v) is 14.7. The van der Waals surface area contributed by atoms with Crippen molar-refractivity contribution in [1.29, 1.82) is 0 Å². The topological polar surface area (TPSA) is 42.9 Å². The molecule has 0 aromatic rings. The van der Waals surface area contributed by atoms with Crippen LogP contribution >= 0.6 is 11.8 Å². The van der Waals surface area contributed by atoms with Crippen molar-refractivity contribution in [2.24, 2.45) is 4.99 Å². The zero-order chi connectivity index (χ0) is 15.2. The molecule has 122 valence electrons. The van der Waals surface area contributed by atoms with Gasteiger partial charge in [0.15, 0.2) is 5.96 Å². The molecule has 2 aliphatic rings. The lowest BCUT2D eigenvalue weighted by atomic mass is 10.2. The first-order valence-electron chi connectivity index (χ1n) is 8.01. The fourth-order valence-corrected chi connectivity index (χ4v) is 4.01. The molecule has 1 saturated carbocycles. The summed E-state index contributed by atoms with van der Waals surface area (Å²) in [6.07, 6.45) is 6.06. The fourth-order valence-electron chi connectivity index (χ4n) is 3.21. The lowest BCUT2D eigenvalue weighted by Crippen LogP contribution is -2.55. The molecule has 6 heteroatoms. The average Bonchev–Trinajstić information content (AvgIpc) is 2.94. The molecule has 3 unspecified atom stereocenters. The van der Waals surface area contributed by atoms with Crippen LogP contribution in [-0.2, 0) is 0 Å². The van der Waals surface area contributed by atoms with Crippen LogP contribution < -0.4 is 10.6 Å². The second kappa shape index (κ2) is 8.25. The van der Waals surface area contributed by atoms with E-state index in [1.807, 2.05) is 18.8 Å². The Balaban J connectivity index is 1.75. The standard InChI is InChI=1S/C15H31N5S/c1-16-15(18-12-5-6-14(9-12)21-4)17-10-13-11-19(2)7-8-20(13)3/h12-14H,5-11H2,1-4H3,(H2,16,17,18). The third-order valence-corrected chi connectivity index (χ3v) is 5.86. The van der Waals surface area contributed by atoms with E-state index in [9.17, 15) is 0 Å². The first kappa shape index (κ1) is 16.9. The number of likely N-dealkylation sites (N-methyl/N-ethyl adjacent to an activating group) is 2. The number of thioether (sulfide) groups is 1. The molecule has 1 aliphatic carbocycles. The molecule has 0 aromatic carbocycles. The van der Waals surface area contributed by atoms with Crippen LogP contribution in [0.3, 0.4) is 0 Å². The van der Waals surface area contributed by atoms with Crippen LogP contribution in [0.2, 0.25) is 0 Å². The predicted octanol–water partition coefficient (Wildman–Crippen LogP) is 0.681. The van der Waals surface area contributed by atoms with E-state index in [2.05, 4.69) is 45.8 Å². The van der Waals surface area contributed by atoms with Gasteiger partial charge in [0.25, 0.3) is 0 Å². The molecule has 3 atom stereocenters. The smallest absolute Gasteiger partial charge is 0.191 e. The van der Waals surface area contributed by atoms with Crippen molar-refractivity contribution in [3.63, 3.8) is 0 Å². The number of guanidine groups is 1. The maximum absolute atomic E-state index is 4.39. The van der Waals surface area contributed by atoms with Crippen LogP contribution in [0.25, 0.3) is 0 Å². The predicted molar refractivity (Wildman–Crippen MR) is 93.4 cm³/mol. The van der Waals surface area contributed by atoms with Crippen molar-refractivity contribution in [1.82, 2.24) is 20.4 Å². The van der Waals surface area contributed by atoms with Gasteiger partial charge in [-0.2, -0.15) is 11.8 Å². The van der Waals surface area contributed by atoms with E-state index in [0.29, 0.717) is 12.1 Å². The van der Waals surface area contributed by atoms with Gasteiger partial charge in [0.2, 0.25) is 0 Å². The molecular weight excluding hydrogens is 282 g/mol. The molecule has 1 aliphatic heterocycles. The Morgan fingerprint density at radius 1 is 1.29 bits per heavy atom. The Labute approximate surface area is 133 Å². The monoisotopic (exact) mass is 313 g/mol. The van der Waals surface area contributed by atoms with Crippen LogP contribution in [0.15, 0.2) is 4.99 Å². The Morgan fingerprint density at radius 3 is 2.76 bits per heavy atom. The third-order valence-electron chi connectivity index (χ3n) is 4.77. The van der Waals surface area contributed by atoms with Gasteiger partial charge < -0.3 is 15.5 Å². The van der Waals surface area contributed by atoms with Gasteiger partial charge in [0, 0.05) is 50.6 Å². The Kier molecular flexibility index (Phi) is 6.64. The van der Waals surface area contributed by atoms with E-state index in [0.717, 1.165) is 37.4 Å². The highest BCUT2D eigenvalue weighted by Crippen LogP contribution is 2.27. The molecule has 2 N–H and O–H groups in total. The summed E-state index contributed by atoms with van der Waals surface area (Å²) in [6, 6.07) is 1.14. The molecule has 0 bridgehead atoms. The van der Waals surface area contributed by atoms with Crippen LogP contribution in [0.1, 0.15) is 19.3 Å². The van der Waals surface area contributed by atoms with Crippen molar-refractivity contribution in [3.05, 3.63) is 0 Å². The first-order chi connectivity index (χ1) is 10.1. The molecule has 0 spiro atoms. The van der Waals surface area contributed by atoms with Crippen molar-refractivity contribution in [3.8, 4) is 0 Å². The SMILES string of the molecule is CN=C(NCC1CN(C)CCN1C)NC1CCC(SC)C1. The van der Waals surface area contributed by atoms with Gasteiger partial charge in [0.1, 0.15) is 0 Å². The number of nitrogens with one attached hydrogen (secondary N) is 2. The minimum absolute atomic E-state index is 0.560. The third kappa shape index (κ3) is 5.04. The highest BCUT2D eigenvalue weighted by atomic mass is 32.2. The Hall–Kier alpha value is -0.460. The highest BCUT2D eigenvalue weighted by Gasteiger charge is 2.25. The Bertz CT molecular complexity index is 349. The second-order valence-electron chi connectivity index (χ2n) is 6.36. The minimum atomic E-state index is 0.560. The first-order valence-corrected chi connectivity index (χ1v) is 9.30. The zero-order valence-electron chi connectivity index (χ0n) is 13.9. The summed E-state index contributed by atoms with van der Waals surface area (Å²) in [5.74, 6) is 0.961. The number of hydrogen-bond acceptors (Lipinski definition) is 4. The molecule has 2 fully saturated rings. The second-order valence-corrected chi connectivity index (χ2v) is 7.50. The van der Waals surface area contributed by atoms with Crippen molar-refractivity contribution >= 4 is 17.7 Å². The van der Waals surface area contributed by atoms with Gasteiger partial charge in [-0.05, 0) is 39.6 Å². The maximum Gasteiger partial charge on any atom is 0.191 e. The van der Waals surface area contributed by atoms with E-state index in [1.54, 1.807) is 0 Å². The maximum atomic E-state index is 4.39. The lowest BCUT2D eigenvalue weighted by molar-refractivity contribution is 0.116. The van der Waals surface area contributed by atoms with E-state index >= 15 is 0 Å². The molecule has 1 saturated heterocycles. The molecule has 5 nitrogen and oxygen atoms in total. The van der Waals surface area contributed by atoms with Gasteiger partial charge in [-0.15, -0.1) is 0 Å². The van der Waals surface area contributed by atoms with Crippen LogP contribution in [0.5, 0.6) is 0 Å². The van der Waals surface area contributed by atoms with Crippen molar-refractivity contribution in [2.75, 3.05) is 53.6 Å². The van der Waals surface area contributed by atoms with Crippen LogP contribution in [0.4, 0.5) is 0 Å². The summed E-state index contributed by atoms with van der Waals surface area (Å²) in [7, 11) is 6.29. The van der Waals surface area contributed by atoms with E-state index < -0.39 is 0 Å². The summed E-state index contributed by atoms with van der Waals surface area (Å²) >= 11 is 1.99. The number of piperazine rings is 1. The molecule has 0 aromatic heterocycles. The molecule has 21 heavy (non-hydrogen) atoms. The van der Waals surface area contributed by atoms with Gasteiger partial charge in [-0.25, -0.2) is 0 Å². The van der Waals surface area contributed by atoms with Crippen LogP contribution in [-0.4, -0.2) is 86.7 Å². The number of nitrogens with zero attached hydrogens (tertiary/aromatic N) is 3. The summed E-state index contributed by atoms with van der Waals surface area (Å²) in [5, 5.41) is 7.92. The van der Waals surface area contributed by atoms with Crippen molar-refractivity contribution < 1.29 is 0 Å². The van der Waals surface area contributed by atoms with E-state index in [-0.39, 0.29) is 0 Å². The number of aliphatic imine (C=N–C) groups is 1. The van der Waals surface area contributed by atoms with Crippen LogP contribution in [0, 0.1) is 0 Å². The Morgan fingerprint density at radius 2 is 2.10 bits per heavy atom. The largest absolute Gasteiger partial charge is 0.355 e. The highest BCUT2D eigenvalue weighted by molar-refractivity contribution is 7.99. The molecule has 2 rings (SSSR count). The number of rotatable bonds is 4. The molecule has 1 heterocycles. The summed E-state index contributed by atoms with van der Waals surface area (Å²) in [5.41, 5.74) is 0. The summed E-state index contributed by atoms with van der Waals surface area (Å²) < 4.78 is 0. The molecule has 0 radical (unpaired) electrons. The average molecular weight is 314 g/mol. The molecule has 0 amide bonds. The quantitative estimate of drug-likeness (QED) is 0.590.